The van der Waals surface area contributed by atoms with Crippen LogP contribution in [-0.4, -0.2) is 134 Å². The van der Waals surface area contributed by atoms with Gasteiger partial charge in [-0.2, -0.15) is 4.39 Å². The highest BCUT2D eigenvalue weighted by Crippen LogP contribution is 2.45. The number of piperidine rings is 1. The first-order chi connectivity index (χ1) is 27.8. The summed E-state index contributed by atoms with van der Waals surface area (Å²) >= 11 is 0. The van der Waals surface area contributed by atoms with E-state index in [1.54, 1.807) is 0 Å². The lowest BCUT2D eigenvalue weighted by atomic mass is 9.90. The first-order valence-electron chi connectivity index (χ1n) is 18.7. The average Bonchev–Trinajstić information content (AvgIpc) is 3.97. The molecule has 5 atom stereocenters. The number of aryl methyl sites for hydroxylation is 1. The molecular weight excluding hydrogens is 790 g/mol. The molecule has 7 N–H and O–H groups in total. The molecule has 59 heavy (non-hydrogen) atoms. The summed E-state index contributed by atoms with van der Waals surface area (Å²) in [7, 11) is 0. The highest BCUT2D eigenvalue weighted by molar-refractivity contribution is 5.90. The van der Waals surface area contributed by atoms with Crippen LogP contribution in [0.5, 0.6) is 5.75 Å². The van der Waals surface area contributed by atoms with Gasteiger partial charge in [0, 0.05) is 31.4 Å². The molecule has 6 rings (SSSR count). The summed E-state index contributed by atoms with van der Waals surface area (Å²) in [5, 5.41) is 76.8. The maximum atomic E-state index is 16.1. The Bertz CT molecular complexity index is 2210. The van der Waals surface area contributed by atoms with Crippen molar-refractivity contribution in [3.05, 3.63) is 74.3 Å². The number of cyclic esters (lactones) is 1. The number of pyridine rings is 2. The van der Waals surface area contributed by atoms with Gasteiger partial charge in [0.05, 0.1) is 50.2 Å². The van der Waals surface area contributed by atoms with Crippen LogP contribution >= 0.6 is 0 Å². The van der Waals surface area contributed by atoms with Gasteiger partial charge in [-0.25, -0.2) is 18.8 Å². The number of halogens is 2. The van der Waals surface area contributed by atoms with Crippen molar-refractivity contribution < 1.29 is 72.8 Å². The topological polar surface area (TPSA) is 277 Å². The minimum Gasteiger partial charge on any atom is -0.627 e. The van der Waals surface area contributed by atoms with Gasteiger partial charge in [0.15, 0.2) is 29.0 Å². The highest BCUT2D eigenvalue weighted by atomic mass is 19.1. The minimum absolute atomic E-state index is 0.00942. The molecule has 2 amide bonds. The smallest absolute Gasteiger partial charge is 0.414 e. The number of anilines is 1. The Morgan fingerprint density at radius 3 is 2.34 bits per heavy atom. The summed E-state index contributed by atoms with van der Waals surface area (Å²) in [5.74, 6) is -6.02. The molecule has 0 bridgehead atoms. The first kappa shape index (κ1) is 43.3. The van der Waals surface area contributed by atoms with E-state index in [0.717, 1.165) is 21.6 Å². The number of nitrogens with zero attached hydrogens (tertiary/aromatic N) is 3. The number of carboxylic acids is 1. The molecular formula is C38H44F2N4O15. The van der Waals surface area contributed by atoms with Crippen LogP contribution in [0.3, 0.4) is 0 Å². The molecule has 0 spiro atoms. The third-order valence-corrected chi connectivity index (χ3v) is 10.9. The minimum atomic E-state index is -2.50. The van der Waals surface area contributed by atoms with Crippen LogP contribution in [0.1, 0.15) is 60.0 Å². The van der Waals surface area contributed by atoms with Gasteiger partial charge in [-0.05, 0) is 49.4 Å². The van der Waals surface area contributed by atoms with E-state index >= 15 is 8.78 Å². The Morgan fingerprint density at radius 1 is 1.07 bits per heavy atom. The van der Waals surface area contributed by atoms with Gasteiger partial charge < -0.3 is 60.0 Å². The number of fused-ring (bicyclic) bond motifs is 1. The second kappa shape index (κ2) is 16.8. The van der Waals surface area contributed by atoms with Crippen molar-refractivity contribution >= 4 is 40.8 Å². The van der Waals surface area contributed by atoms with Crippen LogP contribution in [-0.2, 0) is 19.1 Å². The number of carbonyl (C=O) groups is 4. The molecule has 19 nitrogen and oxygen atoms in total. The van der Waals surface area contributed by atoms with E-state index in [-0.39, 0.29) is 47.4 Å². The quantitative estimate of drug-likeness (QED) is 0.0617. The van der Waals surface area contributed by atoms with Gasteiger partial charge >= 0.3 is 18.0 Å². The predicted octanol–water partition coefficient (Wildman–Crippen LogP) is 0.319. The number of rotatable bonds is 15. The number of aliphatic hydroxyl groups excluding tert-OH is 5. The van der Waals surface area contributed by atoms with Gasteiger partial charge in [-0.1, -0.05) is 0 Å². The van der Waals surface area contributed by atoms with Crippen molar-refractivity contribution in [3.8, 4) is 5.75 Å². The van der Waals surface area contributed by atoms with Crippen molar-refractivity contribution in [1.29, 1.82) is 0 Å². The van der Waals surface area contributed by atoms with Crippen LogP contribution < -0.4 is 25.2 Å². The second-order valence-electron chi connectivity index (χ2n) is 15.1. The molecule has 3 aromatic rings. The molecule has 1 aromatic carbocycles. The lowest BCUT2D eigenvalue weighted by Gasteiger charge is -2.50. The van der Waals surface area contributed by atoms with Gasteiger partial charge in [-0.3, -0.25) is 18.9 Å². The number of benzene rings is 1. The summed E-state index contributed by atoms with van der Waals surface area (Å²) in [6, 6.07) is 4.71. The fourth-order valence-electron chi connectivity index (χ4n) is 7.52. The maximum absolute atomic E-state index is 16.1. The van der Waals surface area contributed by atoms with E-state index in [4.69, 9.17) is 19.3 Å². The van der Waals surface area contributed by atoms with Crippen LogP contribution in [0, 0.1) is 23.8 Å². The molecule has 4 heterocycles. The number of quaternary nitrogens is 1. The number of carboxylic acid groups (broad SMARTS) is 1. The Balaban J connectivity index is 1.28. The molecule has 3 aliphatic rings. The number of aliphatic hydroxyl groups is 5. The van der Waals surface area contributed by atoms with E-state index in [2.05, 4.69) is 5.32 Å². The highest BCUT2D eigenvalue weighted by Gasteiger charge is 2.48. The van der Waals surface area contributed by atoms with Crippen molar-refractivity contribution in [2.24, 2.45) is 0 Å². The SMILES string of the molecule is CC(=O)NC[C@H]1CN(c2ccc(OCC3(OC(=O)[C@H](O)[C@@H](O)[C@H](O)[C@H](O)CO)CC[N+]([O-])(c4c(F)cn5c(=O)c(C(=O)O)cc(C6CC6)c5c4C)CC3)c(F)c2)C(=O)O1. The molecule has 320 valence electrons. The van der Waals surface area contributed by atoms with Gasteiger partial charge in [0.25, 0.3) is 5.56 Å². The number of nitrogens with one attached hydrogen (secondary N) is 1. The van der Waals surface area contributed by atoms with E-state index in [1.165, 1.54) is 32.0 Å². The number of aromatic nitrogens is 1. The van der Waals surface area contributed by atoms with E-state index in [1.807, 2.05) is 0 Å². The normalized spacial score (nSPS) is 23.9. The van der Waals surface area contributed by atoms with Crippen LogP contribution in [0.2, 0.25) is 0 Å². The standard InChI is InChI=1S/C38H44F2N4O15/c1-18-29-23(20-3-4-20)12-24(35(52)53)34(51)43(29)15-26(40)30(18)44(56)9-7-38(8-10-44,59-36(54)33(50)32(49)31(48)27(47)16-45)17-57-28-6-5-21(11-25(28)39)42-14-22(58-37(42)55)13-41-19(2)46/h5-6,11-12,15,20,22,27,31-33,45,47-50H,3-4,7-10,13-14,16-17H2,1-2H3,(H,41,46)(H,52,53)/t22-,27+,31+,32-,33+,38?,44?/m0/s1. The number of hydrogen-bond donors (Lipinski definition) is 7. The lowest BCUT2D eigenvalue weighted by Crippen LogP contribution is -2.59. The molecule has 0 radical (unpaired) electrons. The maximum Gasteiger partial charge on any atom is 0.414 e. The molecule has 21 heteroatoms. The van der Waals surface area contributed by atoms with Crippen LogP contribution in [0.15, 0.2) is 35.3 Å². The van der Waals surface area contributed by atoms with Gasteiger partial charge in [0.2, 0.25) is 11.7 Å². The average molecular weight is 835 g/mol. The largest absolute Gasteiger partial charge is 0.627 e. The van der Waals surface area contributed by atoms with Crippen molar-refractivity contribution in [2.75, 3.05) is 44.3 Å². The number of aromatic carboxylic acids is 1. The number of amides is 2. The predicted molar refractivity (Wildman–Crippen MR) is 200 cm³/mol. The Labute approximate surface area is 333 Å². The van der Waals surface area contributed by atoms with Gasteiger partial charge in [0.1, 0.15) is 36.6 Å². The molecule has 2 aliphatic heterocycles. The summed E-state index contributed by atoms with van der Waals surface area (Å²) in [6.45, 7) is -0.0209. The zero-order chi connectivity index (χ0) is 43.1. The molecule has 2 aromatic heterocycles. The number of hydrogen-bond acceptors (Lipinski definition) is 14. The molecule has 0 unspecified atom stereocenters. The Hall–Kier alpha value is -5.29. The molecule has 1 saturated carbocycles. The third kappa shape index (κ3) is 8.72. The van der Waals surface area contributed by atoms with Gasteiger partial charge in [-0.15, -0.1) is 0 Å². The number of carbonyl (C=O) groups excluding carboxylic acids is 3. The number of hydroxylamine groups is 2. The van der Waals surface area contributed by atoms with Crippen LogP contribution in [0.4, 0.5) is 25.0 Å². The number of esters is 1. The lowest BCUT2D eigenvalue weighted by molar-refractivity contribution is -0.191. The summed E-state index contributed by atoms with van der Waals surface area (Å²) in [5.41, 5.74) is -2.99. The zero-order valence-electron chi connectivity index (χ0n) is 31.9. The number of ether oxygens (including phenoxy) is 3. The fraction of sp³-hybridized carbons (Fsp3) is 0.500. The van der Waals surface area contributed by atoms with E-state index in [0.29, 0.717) is 18.4 Å². The van der Waals surface area contributed by atoms with E-state index < -0.39 is 126 Å². The van der Waals surface area contributed by atoms with E-state index in [9.17, 15) is 54.7 Å². The first-order valence-corrected chi connectivity index (χ1v) is 18.7. The summed E-state index contributed by atoms with van der Waals surface area (Å²) < 4.78 is 47.7. The summed E-state index contributed by atoms with van der Waals surface area (Å²) in [4.78, 5) is 63.2. The molecule has 3 fully saturated rings. The molecule has 2 saturated heterocycles. The zero-order valence-corrected chi connectivity index (χ0v) is 31.9. The van der Waals surface area contributed by atoms with Crippen LogP contribution in [0.25, 0.3) is 5.52 Å². The Morgan fingerprint density at radius 2 is 1.75 bits per heavy atom. The Kier molecular flexibility index (Phi) is 12.3. The summed E-state index contributed by atoms with van der Waals surface area (Å²) in [6.07, 6.45) is -9.26. The second-order valence-corrected chi connectivity index (χ2v) is 15.1. The van der Waals surface area contributed by atoms with Crippen molar-refractivity contribution in [3.63, 3.8) is 0 Å². The third-order valence-electron chi connectivity index (χ3n) is 10.9. The molecule has 1 aliphatic carbocycles. The monoisotopic (exact) mass is 834 g/mol. The fourth-order valence-corrected chi connectivity index (χ4v) is 7.52. The van der Waals surface area contributed by atoms with Crippen molar-refractivity contribution in [2.45, 2.75) is 81.6 Å². The van der Waals surface area contributed by atoms with Crippen molar-refractivity contribution in [1.82, 2.24) is 14.4 Å².